The van der Waals surface area contributed by atoms with Crippen LogP contribution in [0.2, 0.25) is 0 Å². The molecule has 0 aromatic heterocycles. The standard InChI is InChI=1S/Ca.Fe.Mg.H2O.Si/h;;;1H2;. The minimum Gasteiger partial charge on any atom is -0.412 e. The maximum absolute atomic E-state index is 0. The van der Waals surface area contributed by atoms with Gasteiger partial charge in [-0.15, -0.1) is 0 Å². The summed E-state index contributed by atoms with van der Waals surface area (Å²) in [6, 6.07) is 0. The van der Waals surface area contributed by atoms with E-state index in [1.165, 1.54) is 0 Å². The molecule has 0 bridgehead atoms. The van der Waals surface area contributed by atoms with E-state index in [2.05, 4.69) is 0 Å². The van der Waals surface area contributed by atoms with Crippen molar-refractivity contribution in [2.45, 2.75) is 0 Å². The van der Waals surface area contributed by atoms with Crippen molar-refractivity contribution in [3.8, 4) is 0 Å². The summed E-state index contributed by atoms with van der Waals surface area (Å²) >= 11 is 0. The summed E-state index contributed by atoms with van der Waals surface area (Å²) in [5, 5.41) is 0. The molecule has 0 aliphatic carbocycles. The zero-order valence-electron chi connectivity index (χ0n) is 2.77. The summed E-state index contributed by atoms with van der Waals surface area (Å²) in [6.45, 7) is 0. The van der Waals surface area contributed by atoms with E-state index in [0.29, 0.717) is 0 Å². The Bertz CT molecular complexity index is 11.6. The molecule has 0 unspecified atom stereocenters. The minimum atomic E-state index is 0. The van der Waals surface area contributed by atoms with Crippen molar-refractivity contribution >= 4 is 71.8 Å². The van der Waals surface area contributed by atoms with Crippen molar-refractivity contribution in [2.75, 3.05) is 0 Å². The number of hydrogen-bond donors (Lipinski definition) is 0. The first-order valence-electron chi connectivity index (χ1n) is 0. The van der Waals surface area contributed by atoms with E-state index in [0.717, 1.165) is 0 Å². The Morgan fingerprint density at radius 1 is 1.00 bits per heavy atom. The molecule has 0 aliphatic heterocycles. The van der Waals surface area contributed by atoms with Gasteiger partial charge in [0.05, 0.1) is 0 Å². The molecule has 0 amide bonds. The van der Waals surface area contributed by atoms with Crippen molar-refractivity contribution in [1.82, 2.24) is 0 Å². The first-order chi connectivity index (χ1) is 0. The Hall–Kier alpha value is 2.72. The Morgan fingerprint density at radius 2 is 1.00 bits per heavy atom. The van der Waals surface area contributed by atoms with Crippen LogP contribution < -0.4 is 0 Å². The predicted octanol–water partition coefficient (Wildman–Crippen LogP) is -1.97. The normalized spacial score (nSPS) is 0. The van der Waals surface area contributed by atoms with Gasteiger partial charge in [-0.25, -0.2) is 0 Å². The Kier molecular flexibility index (Phi) is 280. The van der Waals surface area contributed by atoms with Crippen molar-refractivity contribution in [1.29, 1.82) is 0 Å². The fourth-order valence-electron chi connectivity index (χ4n) is 0. The summed E-state index contributed by atoms with van der Waals surface area (Å²) in [6.07, 6.45) is 0. The third-order valence-electron chi connectivity index (χ3n) is 0. The van der Waals surface area contributed by atoms with Crippen LogP contribution in [0, 0.1) is 0 Å². The summed E-state index contributed by atoms with van der Waals surface area (Å²) in [4.78, 5) is 0. The summed E-state index contributed by atoms with van der Waals surface area (Å²) in [5.41, 5.74) is 0. The molecule has 0 atom stereocenters. The molecule has 0 aromatic carbocycles. The summed E-state index contributed by atoms with van der Waals surface area (Å²) in [7, 11) is 0. The van der Waals surface area contributed by atoms with E-state index in [-0.39, 0.29) is 94.3 Å². The van der Waals surface area contributed by atoms with Gasteiger partial charge >= 0.3 is 0 Å². The molecule has 24 valence electrons. The molecular formula is H2CaFeMgOSi. The molecule has 2 N–H and O–H groups in total. The SMILES string of the molecule is O.[Ca].[Fe].[Mg].[Si]. The Morgan fingerprint density at radius 3 is 1.00 bits per heavy atom. The van der Waals surface area contributed by atoms with Gasteiger partial charge in [0.1, 0.15) is 0 Å². The van der Waals surface area contributed by atoms with Crippen LogP contribution in [0.3, 0.4) is 0 Å². The van der Waals surface area contributed by atoms with Gasteiger partial charge in [0.25, 0.3) is 0 Å². The molecule has 5 heteroatoms. The van der Waals surface area contributed by atoms with Crippen LogP contribution in [0.1, 0.15) is 0 Å². The first kappa shape index (κ1) is 47.1. The van der Waals surface area contributed by atoms with E-state index < -0.39 is 0 Å². The molecule has 0 spiro atoms. The Labute approximate surface area is 92.6 Å². The van der Waals surface area contributed by atoms with Gasteiger partial charge in [-0.05, 0) is 0 Å². The first-order valence-corrected chi connectivity index (χ1v) is 0. The molecule has 0 rings (SSSR count). The van der Waals surface area contributed by atoms with Gasteiger partial charge in [-0.1, -0.05) is 0 Å². The van der Waals surface area contributed by atoms with E-state index in [1.807, 2.05) is 0 Å². The quantitative estimate of drug-likeness (QED) is 0.374. The molecule has 8 radical (unpaired) electrons. The second-order valence-electron chi connectivity index (χ2n) is 0. The topological polar surface area (TPSA) is 31.5 Å². The van der Waals surface area contributed by atoms with Crippen LogP contribution in [-0.2, 0) is 17.1 Å². The van der Waals surface area contributed by atoms with Crippen LogP contribution in [-0.4, -0.2) is 77.2 Å². The van der Waals surface area contributed by atoms with Crippen molar-refractivity contribution in [3.05, 3.63) is 0 Å². The van der Waals surface area contributed by atoms with Crippen LogP contribution in [0.15, 0.2) is 0 Å². The monoisotopic (exact) mass is 166 g/mol. The van der Waals surface area contributed by atoms with E-state index in [1.54, 1.807) is 0 Å². The third-order valence-corrected chi connectivity index (χ3v) is 0. The largest absolute Gasteiger partial charge is 0.412 e. The van der Waals surface area contributed by atoms with Crippen LogP contribution in [0.4, 0.5) is 0 Å². The average molecular weight is 166 g/mol. The van der Waals surface area contributed by atoms with Gasteiger partial charge in [0.2, 0.25) is 0 Å². The molecule has 0 heterocycles. The second kappa shape index (κ2) is 29.7. The Balaban J connectivity index is 0. The van der Waals surface area contributed by atoms with Crippen molar-refractivity contribution in [3.63, 3.8) is 0 Å². The summed E-state index contributed by atoms with van der Waals surface area (Å²) in [5.74, 6) is 0. The van der Waals surface area contributed by atoms with Gasteiger partial charge in [-0.2, -0.15) is 0 Å². The van der Waals surface area contributed by atoms with Crippen LogP contribution >= 0.6 is 0 Å². The van der Waals surface area contributed by atoms with Crippen LogP contribution in [0.5, 0.6) is 0 Å². The zero-order chi connectivity index (χ0) is 0. The van der Waals surface area contributed by atoms with Crippen molar-refractivity contribution < 1.29 is 22.5 Å². The van der Waals surface area contributed by atoms with Gasteiger partial charge in [-0.3, -0.25) is 0 Å². The van der Waals surface area contributed by atoms with E-state index in [4.69, 9.17) is 0 Å². The average Bonchev–Trinajstić information content (AvgIpc) is 0. The second-order valence-corrected chi connectivity index (χ2v) is 0. The molecular weight excluding hydrogens is 164 g/mol. The number of rotatable bonds is 0. The molecule has 0 saturated heterocycles. The summed E-state index contributed by atoms with van der Waals surface area (Å²) < 4.78 is 0. The zero-order valence-corrected chi connectivity index (χ0v) is 8.49. The maximum atomic E-state index is 0. The fourth-order valence-corrected chi connectivity index (χ4v) is 0. The molecule has 0 aromatic rings. The number of hydrogen-bond acceptors (Lipinski definition) is 0. The van der Waals surface area contributed by atoms with Gasteiger partial charge < -0.3 is 5.48 Å². The maximum Gasteiger partial charge on any atom is 0 e. The third kappa shape index (κ3) is 20.2. The van der Waals surface area contributed by atoms with E-state index in [9.17, 15) is 0 Å². The van der Waals surface area contributed by atoms with Crippen LogP contribution in [0.25, 0.3) is 0 Å². The van der Waals surface area contributed by atoms with E-state index >= 15 is 0 Å². The molecule has 0 fully saturated rings. The molecule has 0 saturated carbocycles. The predicted molar refractivity (Wildman–Crippen MR) is 20.9 cm³/mol. The molecule has 5 heavy (non-hydrogen) atoms. The van der Waals surface area contributed by atoms with Gasteiger partial charge in [0, 0.05) is 88.8 Å². The molecule has 0 aliphatic rings. The minimum absolute atomic E-state index is 0. The fraction of sp³-hybridized carbons (Fsp3) is 0. The molecule has 1 nitrogen and oxygen atoms in total. The van der Waals surface area contributed by atoms with Crippen molar-refractivity contribution in [2.24, 2.45) is 0 Å². The smallest absolute Gasteiger partial charge is 0 e. The van der Waals surface area contributed by atoms with Gasteiger partial charge in [0.15, 0.2) is 0 Å².